The van der Waals surface area contributed by atoms with Gasteiger partial charge in [0.25, 0.3) is 0 Å². The topological polar surface area (TPSA) is 29.1 Å². The monoisotopic (exact) mass is 341 g/mol. The molecular weight excluding hydrogens is 306 g/mol. The predicted octanol–water partition coefficient (Wildman–Crippen LogP) is 5.89. The maximum Gasteiger partial charge on any atom is 0.119 e. The van der Waals surface area contributed by atoms with E-state index in [1.54, 1.807) is 0 Å². The molecule has 0 aliphatic heterocycles. The van der Waals surface area contributed by atoms with Crippen molar-refractivity contribution in [3.05, 3.63) is 59.7 Å². The van der Waals surface area contributed by atoms with Gasteiger partial charge in [0, 0.05) is 13.0 Å². The molecular formula is C23H35NO. The molecule has 0 radical (unpaired) electrons. The van der Waals surface area contributed by atoms with Crippen LogP contribution in [0.15, 0.2) is 48.5 Å². The summed E-state index contributed by atoms with van der Waals surface area (Å²) in [6, 6.07) is 17.7. The molecule has 0 heterocycles. The number of aldehydes is 1. The number of hydrogen-bond donors (Lipinski definition) is 1. The fraction of sp³-hybridized carbons (Fsp3) is 0.435. The highest BCUT2D eigenvalue weighted by atomic mass is 16.1. The summed E-state index contributed by atoms with van der Waals surface area (Å²) in [4.78, 5) is 9.17. The number of carbonyl (C=O) groups excluding carboxylic acids is 1. The summed E-state index contributed by atoms with van der Waals surface area (Å²) < 4.78 is 0. The fourth-order valence-corrected chi connectivity index (χ4v) is 2.37. The van der Waals surface area contributed by atoms with Crippen LogP contribution in [0.2, 0.25) is 0 Å². The van der Waals surface area contributed by atoms with Crippen LogP contribution in [0.5, 0.6) is 0 Å². The molecule has 0 saturated heterocycles. The van der Waals surface area contributed by atoms with E-state index < -0.39 is 0 Å². The van der Waals surface area contributed by atoms with Crippen molar-refractivity contribution in [1.29, 1.82) is 0 Å². The van der Waals surface area contributed by atoms with Gasteiger partial charge in [0.1, 0.15) is 6.29 Å². The Balaban J connectivity index is 0.000000845. The second-order valence-electron chi connectivity index (χ2n) is 6.10. The van der Waals surface area contributed by atoms with Crippen molar-refractivity contribution in [3.63, 3.8) is 0 Å². The van der Waals surface area contributed by atoms with E-state index in [0.29, 0.717) is 12.3 Å². The first kappa shape index (κ1) is 23.1. The van der Waals surface area contributed by atoms with Gasteiger partial charge in [-0.25, -0.2) is 0 Å². The first-order valence-electron chi connectivity index (χ1n) is 9.37. The Morgan fingerprint density at radius 1 is 0.960 bits per heavy atom. The lowest BCUT2D eigenvalue weighted by molar-refractivity contribution is -0.107. The van der Waals surface area contributed by atoms with Crippen molar-refractivity contribution in [3.8, 4) is 11.1 Å². The third kappa shape index (κ3) is 9.83. The van der Waals surface area contributed by atoms with Crippen LogP contribution in [0.1, 0.15) is 52.2 Å². The molecule has 1 N–H and O–H groups in total. The predicted molar refractivity (Wildman–Crippen MR) is 111 cm³/mol. The lowest BCUT2D eigenvalue weighted by atomic mass is 9.98. The first-order chi connectivity index (χ1) is 12.1. The van der Waals surface area contributed by atoms with Gasteiger partial charge in [0.05, 0.1) is 0 Å². The maximum atomic E-state index is 9.17. The van der Waals surface area contributed by atoms with Crippen molar-refractivity contribution in [2.45, 2.75) is 54.0 Å². The molecule has 0 amide bonds. The van der Waals surface area contributed by atoms with Crippen LogP contribution in [0.4, 0.5) is 0 Å². The van der Waals surface area contributed by atoms with Gasteiger partial charge in [0.2, 0.25) is 0 Å². The van der Waals surface area contributed by atoms with Crippen molar-refractivity contribution in [1.82, 2.24) is 5.32 Å². The smallest absolute Gasteiger partial charge is 0.119 e. The molecule has 2 nitrogen and oxygen atoms in total. The number of carbonyl (C=O) groups is 1. The standard InChI is InChI=1S/C18H23N.C3H6O.C2H6/c1-14(2)11-15-7-9-17(10-8-15)18-6-4-5-16(12-18)13-19-3;1-2-3-4;1-2/h4-10,12,14,19H,11,13H2,1-3H3;3H,2H2,1H3;1-2H3. The largest absolute Gasteiger partial charge is 0.316 e. The summed E-state index contributed by atoms with van der Waals surface area (Å²) in [5.74, 6) is 0.713. The fourth-order valence-electron chi connectivity index (χ4n) is 2.37. The molecule has 2 heteroatoms. The van der Waals surface area contributed by atoms with Crippen molar-refractivity contribution < 1.29 is 4.79 Å². The lowest BCUT2D eigenvalue weighted by Crippen LogP contribution is -2.04. The van der Waals surface area contributed by atoms with Crippen LogP contribution >= 0.6 is 0 Å². The van der Waals surface area contributed by atoms with Crippen LogP contribution in [0.3, 0.4) is 0 Å². The van der Waals surface area contributed by atoms with Gasteiger partial charge in [0.15, 0.2) is 0 Å². The normalized spacial score (nSPS) is 9.56. The summed E-state index contributed by atoms with van der Waals surface area (Å²) in [7, 11) is 1.98. The Bertz CT molecular complexity index is 573. The van der Waals surface area contributed by atoms with Gasteiger partial charge >= 0.3 is 0 Å². The highest BCUT2D eigenvalue weighted by molar-refractivity contribution is 5.64. The summed E-state index contributed by atoms with van der Waals surface area (Å²) >= 11 is 0. The Kier molecular flexibility index (Phi) is 13.3. The number of hydrogen-bond acceptors (Lipinski definition) is 2. The Morgan fingerprint density at radius 2 is 1.56 bits per heavy atom. The summed E-state index contributed by atoms with van der Waals surface area (Å²) in [6.07, 6.45) is 2.67. The van der Waals surface area contributed by atoms with Gasteiger partial charge in [-0.3, -0.25) is 0 Å². The van der Waals surface area contributed by atoms with Gasteiger partial charge in [-0.15, -0.1) is 0 Å². The van der Waals surface area contributed by atoms with E-state index in [0.717, 1.165) is 19.3 Å². The minimum atomic E-state index is 0.639. The molecule has 25 heavy (non-hydrogen) atoms. The van der Waals surface area contributed by atoms with E-state index in [2.05, 4.69) is 67.7 Å². The minimum absolute atomic E-state index is 0.639. The molecule has 2 aromatic rings. The Hall–Kier alpha value is -1.93. The minimum Gasteiger partial charge on any atom is -0.316 e. The molecule has 2 rings (SSSR count). The van der Waals surface area contributed by atoms with E-state index in [1.165, 1.54) is 22.3 Å². The average molecular weight is 342 g/mol. The first-order valence-corrected chi connectivity index (χ1v) is 9.37. The summed E-state index contributed by atoms with van der Waals surface area (Å²) in [5, 5.41) is 3.19. The van der Waals surface area contributed by atoms with E-state index in [-0.39, 0.29) is 0 Å². The number of rotatable bonds is 6. The van der Waals surface area contributed by atoms with Gasteiger partial charge in [-0.1, -0.05) is 77.1 Å². The highest BCUT2D eigenvalue weighted by Gasteiger charge is 2.01. The van der Waals surface area contributed by atoms with Crippen molar-refractivity contribution in [2.24, 2.45) is 5.92 Å². The average Bonchev–Trinajstić information content (AvgIpc) is 2.64. The van der Waals surface area contributed by atoms with Crippen LogP contribution in [0.25, 0.3) is 11.1 Å². The molecule has 0 fully saturated rings. The maximum absolute atomic E-state index is 9.17. The molecule has 138 valence electrons. The van der Waals surface area contributed by atoms with E-state index in [1.807, 2.05) is 27.8 Å². The SMILES string of the molecule is CC.CCC=O.CNCc1cccc(-c2ccc(CC(C)C)cc2)c1. The molecule has 0 atom stereocenters. The zero-order valence-electron chi connectivity index (χ0n) is 16.8. The van der Waals surface area contributed by atoms with Crippen LogP contribution in [-0.4, -0.2) is 13.3 Å². The molecule has 0 aromatic heterocycles. The lowest BCUT2D eigenvalue weighted by Gasteiger charge is -2.08. The Labute approximate surface area is 154 Å². The molecule has 0 spiro atoms. The van der Waals surface area contributed by atoms with E-state index >= 15 is 0 Å². The zero-order chi connectivity index (χ0) is 19.1. The summed E-state index contributed by atoms with van der Waals surface area (Å²) in [6.45, 7) is 11.2. The third-order valence-corrected chi connectivity index (χ3v) is 3.41. The van der Waals surface area contributed by atoms with E-state index in [9.17, 15) is 4.79 Å². The van der Waals surface area contributed by atoms with Crippen LogP contribution in [0, 0.1) is 5.92 Å². The second kappa shape index (κ2) is 14.4. The molecule has 0 aliphatic rings. The second-order valence-corrected chi connectivity index (χ2v) is 6.10. The quantitative estimate of drug-likeness (QED) is 0.663. The van der Waals surface area contributed by atoms with Gasteiger partial charge in [-0.05, 0) is 47.7 Å². The Morgan fingerprint density at radius 3 is 2.04 bits per heavy atom. The van der Waals surface area contributed by atoms with Gasteiger partial charge in [-0.2, -0.15) is 0 Å². The highest BCUT2D eigenvalue weighted by Crippen LogP contribution is 2.21. The van der Waals surface area contributed by atoms with Gasteiger partial charge < -0.3 is 10.1 Å². The van der Waals surface area contributed by atoms with Crippen LogP contribution < -0.4 is 5.32 Å². The molecule has 0 unspecified atom stereocenters. The van der Waals surface area contributed by atoms with E-state index in [4.69, 9.17) is 0 Å². The third-order valence-electron chi connectivity index (χ3n) is 3.41. The number of nitrogens with one attached hydrogen (secondary N) is 1. The summed E-state index contributed by atoms with van der Waals surface area (Å²) in [5.41, 5.74) is 5.34. The van der Waals surface area contributed by atoms with Crippen molar-refractivity contribution in [2.75, 3.05) is 7.05 Å². The van der Waals surface area contributed by atoms with Crippen LogP contribution in [-0.2, 0) is 17.8 Å². The zero-order valence-corrected chi connectivity index (χ0v) is 16.8. The van der Waals surface area contributed by atoms with Crippen molar-refractivity contribution >= 4 is 6.29 Å². The molecule has 2 aromatic carbocycles. The molecule has 0 bridgehead atoms. The molecule has 0 aliphatic carbocycles. The number of benzene rings is 2. The molecule has 0 saturated carbocycles.